The lowest BCUT2D eigenvalue weighted by molar-refractivity contribution is 0.00578. The largest absolute Gasteiger partial charge is 0.470 e. The third-order valence-electron chi connectivity index (χ3n) is 3.03. The lowest BCUT2D eigenvalue weighted by Crippen LogP contribution is -2.41. The van der Waals surface area contributed by atoms with Gasteiger partial charge in [0, 0.05) is 6.32 Å². The first-order valence-electron chi connectivity index (χ1n) is 5.89. The molecule has 1 aliphatic rings. The molecule has 0 bridgehead atoms. The van der Waals surface area contributed by atoms with E-state index in [1.165, 1.54) is 0 Å². The Balaban J connectivity index is 2.58. The molecule has 16 heavy (non-hydrogen) atoms. The van der Waals surface area contributed by atoms with Crippen molar-refractivity contribution in [1.82, 2.24) is 0 Å². The third-order valence-corrected chi connectivity index (χ3v) is 3.96. The van der Waals surface area contributed by atoms with Gasteiger partial charge < -0.3 is 9.31 Å². The van der Waals surface area contributed by atoms with Crippen LogP contribution in [0, 0.1) is 11.5 Å². The summed E-state index contributed by atoms with van der Waals surface area (Å²) < 4.78 is 11.7. The van der Waals surface area contributed by atoms with Crippen molar-refractivity contribution in [2.75, 3.05) is 0 Å². The molecular formula is C12H23BO2Si. The third kappa shape index (κ3) is 3.38. The Bertz CT molecular complexity index is 304. The van der Waals surface area contributed by atoms with Crippen LogP contribution in [-0.4, -0.2) is 26.4 Å². The predicted molar refractivity (Wildman–Crippen MR) is 72.0 cm³/mol. The molecule has 0 N–H and O–H groups in total. The van der Waals surface area contributed by atoms with E-state index in [9.17, 15) is 0 Å². The van der Waals surface area contributed by atoms with Gasteiger partial charge in [-0.05, 0) is 27.7 Å². The topological polar surface area (TPSA) is 18.5 Å². The highest BCUT2D eigenvalue weighted by atomic mass is 28.3. The van der Waals surface area contributed by atoms with E-state index in [2.05, 4.69) is 58.8 Å². The van der Waals surface area contributed by atoms with Gasteiger partial charge in [0.05, 0.1) is 11.2 Å². The molecule has 90 valence electrons. The van der Waals surface area contributed by atoms with Crippen molar-refractivity contribution in [2.24, 2.45) is 0 Å². The maximum absolute atomic E-state index is 5.87. The SMILES string of the molecule is CC1(C)OB(CC#C[Si](C)(C)C)OC1(C)C. The first-order chi connectivity index (χ1) is 7.04. The Labute approximate surface area is 101 Å². The molecule has 0 saturated carbocycles. The maximum Gasteiger partial charge on any atom is 0.470 e. The van der Waals surface area contributed by atoms with E-state index in [1.807, 2.05) is 0 Å². The molecule has 0 unspecified atom stereocenters. The summed E-state index contributed by atoms with van der Waals surface area (Å²) in [5.41, 5.74) is 2.86. The minimum absolute atomic E-state index is 0.172. The zero-order chi connectivity index (χ0) is 12.6. The molecule has 0 aromatic heterocycles. The standard InChI is InChI=1S/C12H23BO2Si/c1-11(2)12(3,4)15-13(14-11)9-8-10-16(5,6)7/h9H2,1-7H3. The molecule has 1 heterocycles. The minimum Gasteiger partial charge on any atom is -0.403 e. The van der Waals surface area contributed by atoms with E-state index in [0.29, 0.717) is 6.32 Å². The molecule has 0 amide bonds. The zero-order valence-corrected chi connectivity index (χ0v) is 12.6. The van der Waals surface area contributed by atoms with Crippen LogP contribution in [0.25, 0.3) is 0 Å². The Hall–Kier alpha value is -0.238. The Morgan fingerprint density at radius 2 is 1.44 bits per heavy atom. The average Bonchev–Trinajstić information content (AvgIpc) is 2.17. The van der Waals surface area contributed by atoms with E-state index in [1.54, 1.807) is 0 Å². The van der Waals surface area contributed by atoms with Crippen LogP contribution in [0.4, 0.5) is 0 Å². The molecule has 0 radical (unpaired) electrons. The van der Waals surface area contributed by atoms with Gasteiger partial charge in [-0.25, -0.2) is 0 Å². The van der Waals surface area contributed by atoms with Crippen molar-refractivity contribution in [1.29, 1.82) is 0 Å². The molecule has 0 aromatic rings. The first-order valence-corrected chi connectivity index (χ1v) is 9.39. The minimum atomic E-state index is -1.27. The van der Waals surface area contributed by atoms with Gasteiger partial charge in [-0.3, -0.25) is 0 Å². The monoisotopic (exact) mass is 238 g/mol. The highest BCUT2D eigenvalue weighted by Gasteiger charge is 2.50. The van der Waals surface area contributed by atoms with Crippen LogP contribution in [0.1, 0.15) is 27.7 Å². The quantitative estimate of drug-likeness (QED) is 0.516. The highest BCUT2D eigenvalue weighted by molar-refractivity contribution is 6.83. The summed E-state index contributed by atoms with van der Waals surface area (Å²) in [6, 6.07) is 0. The van der Waals surface area contributed by atoms with Gasteiger partial charge in [-0.2, -0.15) is 0 Å². The summed E-state index contributed by atoms with van der Waals surface area (Å²) in [7, 11) is -1.45. The maximum atomic E-state index is 5.87. The second kappa shape index (κ2) is 4.21. The predicted octanol–water partition coefficient (Wildman–Crippen LogP) is 2.96. The van der Waals surface area contributed by atoms with Crippen LogP contribution in [0.15, 0.2) is 0 Å². The molecule has 1 aliphatic heterocycles. The van der Waals surface area contributed by atoms with Crippen LogP contribution in [0.3, 0.4) is 0 Å². The summed E-state index contributed by atoms with van der Waals surface area (Å²) >= 11 is 0. The summed E-state index contributed by atoms with van der Waals surface area (Å²) in [5.74, 6) is 3.20. The van der Waals surface area contributed by atoms with Gasteiger partial charge in [0.25, 0.3) is 0 Å². The zero-order valence-electron chi connectivity index (χ0n) is 11.6. The van der Waals surface area contributed by atoms with Gasteiger partial charge in [0.15, 0.2) is 0 Å². The van der Waals surface area contributed by atoms with Crippen molar-refractivity contribution in [3.63, 3.8) is 0 Å². The summed E-state index contributed by atoms with van der Waals surface area (Å²) in [5, 5.41) is 0. The smallest absolute Gasteiger partial charge is 0.403 e. The number of hydrogen-bond donors (Lipinski definition) is 0. The second-order valence-electron chi connectivity index (χ2n) is 6.44. The molecule has 0 spiro atoms. The fraction of sp³-hybridized carbons (Fsp3) is 0.833. The molecular weight excluding hydrogens is 215 g/mol. The van der Waals surface area contributed by atoms with Crippen molar-refractivity contribution >= 4 is 15.2 Å². The molecule has 1 saturated heterocycles. The fourth-order valence-corrected chi connectivity index (χ4v) is 2.08. The lowest BCUT2D eigenvalue weighted by Gasteiger charge is -2.32. The summed E-state index contributed by atoms with van der Waals surface area (Å²) in [6.45, 7) is 15.0. The first kappa shape index (κ1) is 13.8. The van der Waals surface area contributed by atoms with Crippen molar-refractivity contribution < 1.29 is 9.31 Å². The number of hydrogen-bond acceptors (Lipinski definition) is 2. The van der Waals surface area contributed by atoms with Crippen LogP contribution in [0.2, 0.25) is 26.0 Å². The summed E-state index contributed by atoms with van der Waals surface area (Å²) in [4.78, 5) is 0. The molecule has 1 rings (SSSR count). The Kier molecular flexibility index (Phi) is 3.64. The number of rotatable bonds is 1. The molecule has 0 aromatic carbocycles. The Morgan fingerprint density at radius 1 is 1.00 bits per heavy atom. The lowest BCUT2D eigenvalue weighted by atomic mass is 9.86. The van der Waals surface area contributed by atoms with Crippen LogP contribution < -0.4 is 0 Å². The van der Waals surface area contributed by atoms with Crippen molar-refractivity contribution in [3.8, 4) is 11.5 Å². The van der Waals surface area contributed by atoms with E-state index < -0.39 is 8.07 Å². The molecule has 0 aliphatic carbocycles. The van der Waals surface area contributed by atoms with Gasteiger partial charge in [0.1, 0.15) is 8.07 Å². The van der Waals surface area contributed by atoms with Gasteiger partial charge in [0.2, 0.25) is 0 Å². The fourth-order valence-electron chi connectivity index (χ4n) is 1.45. The molecule has 4 heteroatoms. The molecule has 2 nitrogen and oxygen atoms in total. The highest BCUT2D eigenvalue weighted by Crippen LogP contribution is 2.37. The Morgan fingerprint density at radius 3 is 1.81 bits per heavy atom. The van der Waals surface area contributed by atoms with E-state index in [-0.39, 0.29) is 18.3 Å². The van der Waals surface area contributed by atoms with Gasteiger partial charge in [-0.15, -0.1) is 11.5 Å². The van der Waals surface area contributed by atoms with Crippen molar-refractivity contribution in [3.05, 3.63) is 0 Å². The van der Waals surface area contributed by atoms with Crippen LogP contribution in [-0.2, 0) is 9.31 Å². The van der Waals surface area contributed by atoms with Gasteiger partial charge >= 0.3 is 7.12 Å². The molecule has 1 fully saturated rings. The van der Waals surface area contributed by atoms with Crippen molar-refractivity contribution in [2.45, 2.75) is 64.9 Å². The second-order valence-corrected chi connectivity index (χ2v) is 11.2. The van der Waals surface area contributed by atoms with E-state index in [0.717, 1.165) is 0 Å². The van der Waals surface area contributed by atoms with E-state index >= 15 is 0 Å². The van der Waals surface area contributed by atoms with E-state index in [4.69, 9.17) is 9.31 Å². The normalized spacial score (nSPS) is 22.8. The van der Waals surface area contributed by atoms with Crippen LogP contribution in [0.5, 0.6) is 0 Å². The average molecular weight is 238 g/mol. The molecule has 0 atom stereocenters. The van der Waals surface area contributed by atoms with Crippen LogP contribution >= 0.6 is 0 Å². The summed E-state index contributed by atoms with van der Waals surface area (Å²) in [6.07, 6.45) is 0.678. The van der Waals surface area contributed by atoms with Gasteiger partial charge in [-0.1, -0.05) is 19.6 Å².